The van der Waals surface area contributed by atoms with Crippen molar-refractivity contribution in [2.75, 3.05) is 6.26 Å². The van der Waals surface area contributed by atoms with Gasteiger partial charge in [-0.05, 0) is 61.6 Å². The zero-order chi connectivity index (χ0) is 19.3. The molecule has 0 unspecified atom stereocenters. The Balaban J connectivity index is 1.85. The van der Waals surface area contributed by atoms with Crippen molar-refractivity contribution in [1.82, 2.24) is 14.5 Å². The van der Waals surface area contributed by atoms with Crippen LogP contribution < -0.4 is 4.40 Å². The van der Waals surface area contributed by atoms with E-state index in [1.807, 2.05) is 6.07 Å². The van der Waals surface area contributed by atoms with Crippen LogP contribution in [0.3, 0.4) is 0 Å². The quantitative estimate of drug-likeness (QED) is 0.347. The van der Waals surface area contributed by atoms with Crippen LogP contribution in [0.1, 0.15) is 11.1 Å². The highest BCUT2D eigenvalue weighted by molar-refractivity contribution is 7.98. The number of para-hydroxylation sites is 1. The molecule has 0 aliphatic carbocycles. The predicted octanol–water partition coefficient (Wildman–Crippen LogP) is 5.10. The fourth-order valence-electron chi connectivity index (χ4n) is 3.73. The Morgan fingerprint density at radius 3 is 2.50 bits per heavy atom. The maximum atomic E-state index is 4.95. The smallest absolute Gasteiger partial charge is 0.292 e. The first-order valence-corrected chi connectivity index (χ1v) is 10.5. The first-order valence-electron chi connectivity index (χ1n) is 9.29. The van der Waals surface area contributed by atoms with Crippen LogP contribution in [0.25, 0.3) is 33.9 Å². The minimum Gasteiger partial charge on any atom is -0.335 e. The first-order chi connectivity index (χ1) is 13.7. The lowest BCUT2D eigenvalue weighted by molar-refractivity contribution is -0.499. The van der Waals surface area contributed by atoms with Crippen molar-refractivity contribution in [3.05, 3.63) is 78.0 Å². The molecule has 0 radical (unpaired) electrons. The molecule has 2 aromatic carbocycles. The van der Waals surface area contributed by atoms with Crippen LogP contribution in [-0.4, -0.2) is 20.8 Å². The van der Waals surface area contributed by atoms with Gasteiger partial charge in [0.05, 0.1) is 17.2 Å². The molecule has 0 atom stereocenters. The molecule has 5 heteroatoms. The molecule has 0 spiro atoms. The van der Waals surface area contributed by atoms with Crippen molar-refractivity contribution in [2.45, 2.75) is 18.9 Å². The summed E-state index contributed by atoms with van der Waals surface area (Å²) >= 11 is 1.74. The van der Waals surface area contributed by atoms with Crippen molar-refractivity contribution in [3.63, 3.8) is 0 Å². The molecule has 0 bridgehead atoms. The van der Waals surface area contributed by atoms with E-state index in [1.54, 1.807) is 11.8 Å². The number of hydrogen-bond acceptors (Lipinski definition) is 2. The Morgan fingerprint density at radius 1 is 0.964 bits per heavy atom. The number of aromatic amines is 1. The third-order valence-corrected chi connectivity index (χ3v) is 6.01. The Morgan fingerprint density at radius 2 is 1.71 bits per heavy atom. The van der Waals surface area contributed by atoms with Gasteiger partial charge in [-0.15, -0.1) is 0 Å². The maximum Gasteiger partial charge on any atom is 0.292 e. The first kappa shape index (κ1) is 17.1. The van der Waals surface area contributed by atoms with E-state index in [0.29, 0.717) is 0 Å². The Hall–Kier alpha value is -3.05. The number of nitrogens with one attached hydrogen (secondary N) is 1. The minimum absolute atomic E-state index is 0.889. The Kier molecular flexibility index (Phi) is 3.98. The van der Waals surface area contributed by atoms with Gasteiger partial charge in [-0.1, -0.05) is 36.0 Å². The van der Waals surface area contributed by atoms with E-state index in [-0.39, 0.29) is 0 Å². The van der Waals surface area contributed by atoms with Gasteiger partial charge in [0.25, 0.3) is 5.65 Å². The van der Waals surface area contributed by atoms with E-state index in [4.69, 9.17) is 4.98 Å². The Bertz CT molecular complexity index is 1280. The lowest BCUT2D eigenvalue weighted by Gasteiger charge is -2.00. The van der Waals surface area contributed by atoms with Crippen LogP contribution in [0.2, 0.25) is 0 Å². The van der Waals surface area contributed by atoms with E-state index >= 15 is 0 Å². The molecule has 0 fully saturated rings. The van der Waals surface area contributed by atoms with Gasteiger partial charge in [0.1, 0.15) is 5.69 Å². The maximum absolute atomic E-state index is 4.95. The van der Waals surface area contributed by atoms with Gasteiger partial charge in [-0.3, -0.25) is 0 Å². The van der Waals surface area contributed by atoms with Crippen molar-refractivity contribution in [3.8, 4) is 17.2 Å². The molecule has 5 rings (SSSR count). The summed E-state index contributed by atoms with van der Waals surface area (Å²) in [5, 5.41) is 1.16. The molecule has 138 valence electrons. The fraction of sp³-hybridized carbons (Fsp3) is 0.130. The average Bonchev–Trinajstić information content (AvgIpc) is 3.26. The number of rotatable bonds is 3. The summed E-state index contributed by atoms with van der Waals surface area (Å²) in [5.74, 6) is 0.889. The summed E-state index contributed by atoms with van der Waals surface area (Å²) in [5.41, 5.74) is 7.94. The molecule has 0 aliphatic rings. The number of fused-ring (bicyclic) bond motifs is 2. The molecule has 4 nitrogen and oxygen atoms in total. The number of H-pyrrole nitrogens is 1. The number of thioether (sulfide) groups is 1. The zero-order valence-electron chi connectivity index (χ0n) is 16.1. The van der Waals surface area contributed by atoms with Gasteiger partial charge in [0.15, 0.2) is 5.82 Å². The number of aromatic nitrogens is 4. The summed E-state index contributed by atoms with van der Waals surface area (Å²) in [6.07, 6.45) is 4.22. The Labute approximate surface area is 167 Å². The van der Waals surface area contributed by atoms with E-state index in [2.05, 4.69) is 94.8 Å². The van der Waals surface area contributed by atoms with Crippen molar-refractivity contribution < 1.29 is 4.40 Å². The van der Waals surface area contributed by atoms with Gasteiger partial charge in [-0.2, -0.15) is 8.97 Å². The number of pyridine rings is 1. The average molecular weight is 386 g/mol. The normalized spacial score (nSPS) is 11.5. The summed E-state index contributed by atoms with van der Waals surface area (Å²) in [6.45, 7) is 4.27. The number of imidazole rings is 2. The SMILES string of the molecule is CSc1c(-c2nc3cc(C)c(C)cc3[nH]2)[n+]2ccccc2n1-c1ccccc1. The summed E-state index contributed by atoms with van der Waals surface area (Å²) in [6, 6.07) is 21.1. The van der Waals surface area contributed by atoms with Gasteiger partial charge in [-0.25, -0.2) is 4.98 Å². The van der Waals surface area contributed by atoms with E-state index in [0.717, 1.165) is 38.9 Å². The predicted molar refractivity (Wildman–Crippen MR) is 115 cm³/mol. The van der Waals surface area contributed by atoms with Gasteiger partial charge >= 0.3 is 0 Å². The van der Waals surface area contributed by atoms with E-state index < -0.39 is 0 Å². The van der Waals surface area contributed by atoms with Crippen molar-refractivity contribution in [2.24, 2.45) is 0 Å². The zero-order valence-corrected chi connectivity index (χ0v) is 16.9. The molecule has 3 aromatic heterocycles. The topological polar surface area (TPSA) is 37.7 Å². The number of benzene rings is 2. The highest BCUT2D eigenvalue weighted by Crippen LogP contribution is 2.32. The number of nitrogens with zero attached hydrogens (tertiary/aromatic N) is 3. The van der Waals surface area contributed by atoms with E-state index in [1.165, 1.54) is 11.1 Å². The molecule has 0 amide bonds. The second-order valence-electron chi connectivity index (χ2n) is 7.00. The summed E-state index contributed by atoms with van der Waals surface area (Å²) in [4.78, 5) is 8.50. The molecule has 0 saturated heterocycles. The summed E-state index contributed by atoms with van der Waals surface area (Å²) in [7, 11) is 0. The molecule has 3 heterocycles. The lowest BCUT2D eigenvalue weighted by atomic mass is 10.1. The molecule has 0 aliphatic heterocycles. The van der Waals surface area contributed by atoms with Gasteiger partial charge in [0.2, 0.25) is 10.7 Å². The highest BCUT2D eigenvalue weighted by atomic mass is 32.2. The second-order valence-corrected chi connectivity index (χ2v) is 7.79. The largest absolute Gasteiger partial charge is 0.335 e. The van der Waals surface area contributed by atoms with Gasteiger partial charge < -0.3 is 4.98 Å². The van der Waals surface area contributed by atoms with Crippen LogP contribution in [0.5, 0.6) is 0 Å². The summed E-state index contributed by atoms with van der Waals surface area (Å²) < 4.78 is 4.51. The number of hydrogen-bond donors (Lipinski definition) is 1. The van der Waals surface area contributed by atoms with Crippen LogP contribution >= 0.6 is 11.8 Å². The number of aryl methyl sites for hydroxylation is 2. The molecule has 5 aromatic rings. The molecular weight excluding hydrogens is 364 g/mol. The fourth-order valence-corrected chi connectivity index (χ4v) is 4.50. The van der Waals surface area contributed by atoms with Crippen molar-refractivity contribution in [1.29, 1.82) is 0 Å². The monoisotopic (exact) mass is 385 g/mol. The highest BCUT2D eigenvalue weighted by Gasteiger charge is 2.29. The standard InChI is InChI=1S/C23H21N4S/c1-15-13-18-19(14-16(15)2)25-22(24-18)21-23(28-3)27(17-9-5-4-6-10-17)20-11-7-8-12-26(20)21/h4-14H,1-3H3,(H,24,25)/q+1. The third kappa shape index (κ3) is 2.54. The van der Waals surface area contributed by atoms with Crippen LogP contribution in [0.4, 0.5) is 0 Å². The van der Waals surface area contributed by atoms with Crippen molar-refractivity contribution >= 4 is 28.4 Å². The minimum atomic E-state index is 0.889. The third-order valence-electron chi connectivity index (χ3n) is 5.24. The van der Waals surface area contributed by atoms with Gasteiger partial charge in [0, 0.05) is 6.07 Å². The van der Waals surface area contributed by atoms with Crippen LogP contribution in [0.15, 0.2) is 71.9 Å². The molecule has 1 N–H and O–H groups in total. The molecule has 0 saturated carbocycles. The molecular formula is C23H21N4S+. The van der Waals surface area contributed by atoms with Crippen LogP contribution in [0, 0.1) is 13.8 Å². The van der Waals surface area contributed by atoms with Crippen LogP contribution in [-0.2, 0) is 0 Å². The lowest BCUT2D eigenvalue weighted by Crippen LogP contribution is -2.22. The second kappa shape index (κ2) is 6.53. The van der Waals surface area contributed by atoms with E-state index in [9.17, 15) is 0 Å². The molecule has 28 heavy (non-hydrogen) atoms.